The van der Waals surface area contributed by atoms with E-state index >= 15 is 0 Å². The van der Waals surface area contributed by atoms with E-state index in [0.717, 1.165) is 37.2 Å². The highest BCUT2D eigenvalue weighted by molar-refractivity contribution is 6.01. The zero-order chi connectivity index (χ0) is 17.1. The Hall–Kier alpha value is -1.32. The van der Waals surface area contributed by atoms with Crippen LogP contribution in [0.2, 0.25) is 0 Å². The summed E-state index contributed by atoms with van der Waals surface area (Å²) in [5, 5.41) is 2.69. The molecule has 1 aromatic heterocycles. The smallest absolute Gasteiger partial charge is 0.338 e. The third-order valence-electron chi connectivity index (χ3n) is 4.52. The van der Waals surface area contributed by atoms with Gasteiger partial charge < -0.3 is 4.52 Å². The first-order valence-electron chi connectivity index (χ1n) is 9.35. The van der Waals surface area contributed by atoms with Crippen molar-refractivity contribution in [3.05, 3.63) is 21.7 Å². The van der Waals surface area contributed by atoms with Gasteiger partial charge in [-0.1, -0.05) is 59.3 Å². The zero-order valence-electron chi connectivity index (χ0n) is 15.4. The molecule has 1 atom stereocenters. The highest BCUT2D eigenvalue weighted by Gasteiger charge is 2.16. The normalized spacial score (nSPS) is 13.5. The van der Waals surface area contributed by atoms with E-state index in [9.17, 15) is 4.79 Å². The number of nitrogens with one attached hydrogen (secondary N) is 1. The molecule has 1 unspecified atom stereocenters. The standard InChI is InChI=1S/C19H34N2O2/c1-5-8-10-11-13-17(18-15(4)21-23-19(18)22)20-14-16(7-3)12-9-6-2/h16,21H,5-14H2,1-4H3. The summed E-state index contributed by atoms with van der Waals surface area (Å²) in [6.07, 6.45) is 10.5. The van der Waals surface area contributed by atoms with Gasteiger partial charge in [0.2, 0.25) is 0 Å². The van der Waals surface area contributed by atoms with Gasteiger partial charge in [-0.2, -0.15) is 0 Å². The molecule has 132 valence electrons. The molecule has 1 heterocycles. The van der Waals surface area contributed by atoms with Crippen LogP contribution >= 0.6 is 0 Å². The van der Waals surface area contributed by atoms with E-state index in [0.29, 0.717) is 11.5 Å². The Morgan fingerprint density at radius 3 is 2.43 bits per heavy atom. The second kappa shape index (κ2) is 11.3. The average Bonchev–Trinajstić information content (AvgIpc) is 2.88. The molecule has 0 radical (unpaired) electrons. The maximum atomic E-state index is 12.0. The lowest BCUT2D eigenvalue weighted by Gasteiger charge is -2.13. The monoisotopic (exact) mass is 322 g/mol. The summed E-state index contributed by atoms with van der Waals surface area (Å²) in [5.74, 6) is 0.617. The van der Waals surface area contributed by atoms with Gasteiger partial charge >= 0.3 is 5.63 Å². The topological polar surface area (TPSA) is 58.4 Å². The van der Waals surface area contributed by atoms with Crippen molar-refractivity contribution in [1.82, 2.24) is 5.16 Å². The molecule has 0 saturated carbocycles. The fraction of sp³-hybridized carbons (Fsp3) is 0.789. The fourth-order valence-corrected chi connectivity index (χ4v) is 2.87. The first-order chi connectivity index (χ1) is 11.1. The summed E-state index contributed by atoms with van der Waals surface area (Å²) in [4.78, 5) is 16.8. The Bertz CT molecular complexity index is 514. The van der Waals surface area contributed by atoms with Crippen molar-refractivity contribution in [3.63, 3.8) is 0 Å². The van der Waals surface area contributed by atoms with Crippen molar-refractivity contribution in [1.29, 1.82) is 0 Å². The molecule has 0 amide bonds. The van der Waals surface area contributed by atoms with E-state index < -0.39 is 0 Å². The first-order valence-corrected chi connectivity index (χ1v) is 9.35. The lowest BCUT2D eigenvalue weighted by molar-refractivity contribution is 0.387. The Kier molecular flexibility index (Phi) is 9.65. The number of H-pyrrole nitrogens is 1. The molecule has 0 aliphatic rings. The molecule has 0 fully saturated rings. The van der Waals surface area contributed by atoms with E-state index in [1.54, 1.807) is 0 Å². The van der Waals surface area contributed by atoms with Crippen molar-refractivity contribution in [3.8, 4) is 0 Å². The summed E-state index contributed by atoms with van der Waals surface area (Å²) in [7, 11) is 0. The number of hydrogen-bond donors (Lipinski definition) is 1. The Balaban J connectivity index is 2.81. The van der Waals surface area contributed by atoms with Gasteiger partial charge in [-0.15, -0.1) is 0 Å². The van der Waals surface area contributed by atoms with Crippen molar-refractivity contribution in [2.45, 2.75) is 85.5 Å². The Morgan fingerprint density at radius 2 is 1.87 bits per heavy atom. The highest BCUT2D eigenvalue weighted by atomic mass is 16.5. The molecule has 1 aromatic rings. The summed E-state index contributed by atoms with van der Waals surface area (Å²) in [6, 6.07) is 0. The van der Waals surface area contributed by atoms with E-state index in [1.165, 1.54) is 38.5 Å². The molecule has 1 N–H and O–H groups in total. The van der Waals surface area contributed by atoms with Crippen LogP contribution in [-0.2, 0) is 0 Å². The quantitative estimate of drug-likeness (QED) is 0.422. The summed E-state index contributed by atoms with van der Waals surface area (Å²) < 4.78 is 4.94. The molecule has 0 saturated heterocycles. The van der Waals surface area contributed by atoms with Crippen LogP contribution in [0, 0.1) is 12.8 Å². The molecule has 0 aliphatic heterocycles. The number of aromatic nitrogens is 1. The molecular formula is C19H34N2O2. The van der Waals surface area contributed by atoms with Crippen molar-refractivity contribution < 1.29 is 4.52 Å². The maximum absolute atomic E-state index is 12.0. The van der Waals surface area contributed by atoms with Gasteiger partial charge in [0.1, 0.15) is 5.56 Å². The van der Waals surface area contributed by atoms with Gasteiger partial charge in [0, 0.05) is 6.54 Å². The minimum Gasteiger partial charge on any atom is -0.338 e. The van der Waals surface area contributed by atoms with Gasteiger partial charge in [-0.05, 0) is 32.1 Å². The number of nitrogens with zero attached hydrogens (tertiary/aromatic N) is 1. The van der Waals surface area contributed by atoms with Crippen LogP contribution < -0.4 is 5.63 Å². The molecular weight excluding hydrogens is 288 g/mol. The van der Waals surface area contributed by atoms with Crippen LogP contribution in [0.4, 0.5) is 0 Å². The number of aliphatic imine (C=N–C) groups is 1. The lowest BCUT2D eigenvalue weighted by atomic mass is 9.99. The van der Waals surface area contributed by atoms with Crippen LogP contribution in [-0.4, -0.2) is 17.4 Å². The number of aryl methyl sites for hydroxylation is 1. The van der Waals surface area contributed by atoms with E-state index in [1.807, 2.05) is 6.92 Å². The van der Waals surface area contributed by atoms with Gasteiger partial charge in [-0.3, -0.25) is 4.99 Å². The van der Waals surface area contributed by atoms with Gasteiger partial charge in [0.15, 0.2) is 0 Å². The van der Waals surface area contributed by atoms with Gasteiger partial charge in [0.25, 0.3) is 0 Å². The Labute approximate surface area is 140 Å². The molecule has 23 heavy (non-hydrogen) atoms. The van der Waals surface area contributed by atoms with Crippen molar-refractivity contribution >= 4 is 5.71 Å². The fourth-order valence-electron chi connectivity index (χ4n) is 2.87. The van der Waals surface area contributed by atoms with E-state index in [2.05, 4.69) is 25.9 Å². The van der Waals surface area contributed by atoms with Gasteiger partial charge in [-0.25, -0.2) is 9.95 Å². The average molecular weight is 322 g/mol. The lowest BCUT2D eigenvalue weighted by Crippen LogP contribution is -2.15. The number of aromatic amines is 1. The summed E-state index contributed by atoms with van der Waals surface area (Å²) in [6.45, 7) is 9.37. The number of unbranched alkanes of at least 4 members (excludes halogenated alkanes) is 4. The Morgan fingerprint density at radius 1 is 1.13 bits per heavy atom. The highest BCUT2D eigenvalue weighted by Crippen LogP contribution is 2.16. The predicted octanol–water partition coefficient (Wildman–Crippen LogP) is 5.25. The van der Waals surface area contributed by atoms with Crippen LogP contribution in [0.15, 0.2) is 14.3 Å². The molecule has 0 aliphatic carbocycles. The third-order valence-corrected chi connectivity index (χ3v) is 4.52. The van der Waals surface area contributed by atoms with Crippen LogP contribution in [0.25, 0.3) is 0 Å². The second-order valence-corrected chi connectivity index (χ2v) is 6.51. The summed E-state index contributed by atoms with van der Waals surface area (Å²) in [5.41, 5.74) is 2.11. The largest absolute Gasteiger partial charge is 0.366 e. The predicted molar refractivity (Wildman–Crippen MR) is 97.5 cm³/mol. The maximum Gasteiger partial charge on any atom is 0.366 e. The molecule has 0 spiro atoms. The van der Waals surface area contributed by atoms with Crippen molar-refractivity contribution in [2.24, 2.45) is 10.9 Å². The molecule has 0 bridgehead atoms. The second-order valence-electron chi connectivity index (χ2n) is 6.51. The van der Waals surface area contributed by atoms with Crippen LogP contribution in [0.3, 0.4) is 0 Å². The molecule has 4 heteroatoms. The van der Waals surface area contributed by atoms with E-state index in [4.69, 9.17) is 9.52 Å². The van der Waals surface area contributed by atoms with Crippen molar-refractivity contribution in [2.75, 3.05) is 6.54 Å². The van der Waals surface area contributed by atoms with Gasteiger partial charge in [0.05, 0.1) is 11.4 Å². The molecule has 0 aromatic carbocycles. The minimum absolute atomic E-state index is 0.279. The number of hydrogen-bond acceptors (Lipinski definition) is 3. The number of rotatable bonds is 12. The molecule has 4 nitrogen and oxygen atoms in total. The van der Waals surface area contributed by atoms with E-state index in [-0.39, 0.29) is 5.63 Å². The zero-order valence-corrected chi connectivity index (χ0v) is 15.4. The van der Waals surface area contributed by atoms with Crippen LogP contribution in [0.5, 0.6) is 0 Å². The van der Waals surface area contributed by atoms with Crippen LogP contribution in [0.1, 0.15) is 89.8 Å². The molecule has 1 rings (SSSR count). The minimum atomic E-state index is -0.279. The first kappa shape index (κ1) is 19.7. The SMILES string of the molecule is CCCCCCC(=NCC(CC)CCCC)c1c(C)[nH]oc1=O. The summed E-state index contributed by atoms with van der Waals surface area (Å²) >= 11 is 0. The third kappa shape index (κ3) is 6.76.